The summed E-state index contributed by atoms with van der Waals surface area (Å²) in [6.45, 7) is 6.91. The van der Waals surface area contributed by atoms with Gasteiger partial charge in [0.25, 0.3) is 0 Å². The van der Waals surface area contributed by atoms with Crippen molar-refractivity contribution in [3.63, 3.8) is 0 Å². The third-order valence-corrected chi connectivity index (χ3v) is 5.23. The normalized spacial score (nSPS) is 17.0. The van der Waals surface area contributed by atoms with Gasteiger partial charge in [0, 0.05) is 6.04 Å². The van der Waals surface area contributed by atoms with Crippen molar-refractivity contribution < 1.29 is 46.4 Å². The molecule has 1 aliphatic heterocycles. The Morgan fingerprint density at radius 1 is 0.912 bits per heavy atom. The fourth-order valence-electron chi connectivity index (χ4n) is 3.81. The lowest BCUT2D eigenvalue weighted by atomic mass is 9.89. The fraction of sp³-hybridized carbons (Fsp3) is 0.478. The van der Waals surface area contributed by atoms with Crippen LogP contribution in [0.25, 0.3) is 0 Å². The van der Waals surface area contributed by atoms with Crippen LogP contribution in [-0.4, -0.2) is 42.8 Å². The van der Waals surface area contributed by atoms with Gasteiger partial charge in [-0.25, -0.2) is 9.59 Å². The van der Waals surface area contributed by atoms with E-state index in [9.17, 15) is 22.8 Å². The zero-order valence-corrected chi connectivity index (χ0v) is 19.2. The van der Waals surface area contributed by atoms with Gasteiger partial charge in [-0.05, 0) is 58.2 Å². The van der Waals surface area contributed by atoms with Crippen LogP contribution in [0.15, 0.2) is 47.2 Å². The number of carbonyl (C=O) groups is 2. The number of ether oxygens (including phenoxy) is 5. The zero-order valence-electron chi connectivity index (χ0n) is 19.2. The van der Waals surface area contributed by atoms with Gasteiger partial charge in [-0.15, -0.1) is 13.2 Å². The SMILES string of the molecule is CCOC(=O)OC1=C(C)N(C2CC2)C(C)=C(OC(=O)OCC)C1c1ccc(OC(F)(F)F)cc1. The van der Waals surface area contributed by atoms with E-state index in [0.29, 0.717) is 17.0 Å². The van der Waals surface area contributed by atoms with Gasteiger partial charge in [-0.3, -0.25) is 0 Å². The molecule has 0 bridgehead atoms. The van der Waals surface area contributed by atoms with Crippen molar-refractivity contribution in [3.8, 4) is 5.75 Å². The highest BCUT2D eigenvalue weighted by Crippen LogP contribution is 2.47. The van der Waals surface area contributed by atoms with Gasteiger partial charge in [0.2, 0.25) is 0 Å². The largest absolute Gasteiger partial charge is 0.573 e. The number of nitrogens with zero attached hydrogens (tertiary/aromatic N) is 1. The maximum Gasteiger partial charge on any atom is 0.573 e. The highest BCUT2D eigenvalue weighted by Gasteiger charge is 2.43. The molecule has 0 N–H and O–H groups in total. The van der Waals surface area contributed by atoms with Crippen LogP contribution in [0.1, 0.15) is 52.0 Å². The third kappa shape index (κ3) is 5.95. The number of allylic oxidation sites excluding steroid dienone is 2. The highest BCUT2D eigenvalue weighted by atomic mass is 19.4. The standard InChI is InChI=1S/C23H26F3NO7/c1-5-30-21(28)32-19-13(3)27(16-9-10-16)14(4)20(33-22(29)31-6-2)18(19)15-7-11-17(12-8-15)34-23(24,25)26/h7-8,11-12,16,18H,5-6,9-10H2,1-4H3. The predicted octanol–water partition coefficient (Wildman–Crippen LogP) is 5.96. The first-order valence-electron chi connectivity index (χ1n) is 10.8. The minimum Gasteiger partial charge on any atom is -0.434 e. The average Bonchev–Trinajstić information content (AvgIpc) is 3.57. The molecule has 1 fully saturated rings. The molecule has 8 nitrogen and oxygen atoms in total. The van der Waals surface area contributed by atoms with Gasteiger partial charge in [0.1, 0.15) is 23.2 Å². The van der Waals surface area contributed by atoms with Crippen LogP contribution < -0.4 is 4.74 Å². The Hall–Kier alpha value is -3.37. The Labute approximate surface area is 194 Å². The summed E-state index contributed by atoms with van der Waals surface area (Å²) in [6, 6.07) is 5.14. The highest BCUT2D eigenvalue weighted by molar-refractivity contribution is 5.65. The first-order chi connectivity index (χ1) is 16.1. The molecule has 0 atom stereocenters. The fourth-order valence-corrected chi connectivity index (χ4v) is 3.81. The topological polar surface area (TPSA) is 83.5 Å². The molecule has 34 heavy (non-hydrogen) atoms. The van der Waals surface area contributed by atoms with Crippen molar-refractivity contribution in [2.75, 3.05) is 13.2 Å². The van der Waals surface area contributed by atoms with E-state index < -0.39 is 30.3 Å². The van der Waals surface area contributed by atoms with Crippen LogP contribution in [0, 0.1) is 0 Å². The van der Waals surface area contributed by atoms with E-state index >= 15 is 0 Å². The number of alkyl halides is 3. The van der Waals surface area contributed by atoms with Crippen LogP contribution in [0.4, 0.5) is 22.8 Å². The second-order valence-corrected chi connectivity index (χ2v) is 7.62. The Kier molecular flexibility index (Phi) is 7.63. The zero-order chi connectivity index (χ0) is 25.0. The molecule has 0 unspecified atom stereocenters. The summed E-state index contributed by atoms with van der Waals surface area (Å²) in [5.74, 6) is -1.07. The van der Waals surface area contributed by atoms with Crippen LogP contribution in [0.3, 0.4) is 0 Å². The average molecular weight is 485 g/mol. The van der Waals surface area contributed by atoms with Crippen LogP contribution >= 0.6 is 0 Å². The molecule has 1 aromatic rings. The first kappa shape index (κ1) is 25.3. The number of halogens is 3. The van der Waals surface area contributed by atoms with Crippen molar-refractivity contribution in [1.29, 1.82) is 0 Å². The smallest absolute Gasteiger partial charge is 0.434 e. The molecular weight excluding hydrogens is 459 g/mol. The number of hydrogen-bond acceptors (Lipinski definition) is 8. The molecule has 0 saturated heterocycles. The molecule has 11 heteroatoms. The second-order valence-electron chi connectivity index (χ2n) is 7.62. The van der Waals surface area contributed by atoms with Gasteiger partial charge in [-0.1, -0.05) is 12.1 Å². The van der Waals surface area contributed by atoms with Crippen molar-refractivity contribution in [2.24, 2.45) is 0 Å². The summed E-state index contributed by atoms with van der Waals surface area (Å²) in [5.41, 5.74) is 1.61. The Bertz CT molecular complexity index is 937. The second kappa shape index (κ2) is 10.3. The van der Waals surface area contributed by atoms with Gasteiger partial charge in [0.05, 0.1) is 24.6 Å². The molecule has 3 rings (SSSR count). The molecule has 1 saturated carbocycles. The van der Waals surface area contributed by atoms with Crippen molar-refractivity contribution in [3.05, 3.63) is 52.7 Å². The molecule has 1 aliphatic carbocycles. The molecule has 0 radical (unpaired) electrons. The van der Waals surface area contributed by atoms with Crippen molar-refractivity contribution >= 4 is 12.3 Å². The maximum atomic E-state index is 12.6. The van der Waals surface area contributed by atoms with E-state index in [1.54, 1.807) is 27.7 Å². The summed E-state index contributed by atoms with van der Waals surface area (Å²) in [6.07, 6.45) is -4.97. The molecule has 1 heterocycles. The number of carbonyl (C=O) groups excluding carboxylic acids is 2. The minimum atomic E-state index is -4.85. The van der Waals surface area contributed by atoms with Crippen molar-refractivity contribution in [1.82, 2.24) is 4.90 Å². The minimum absolute atomic E-state index is 0.0761. The lowest BCUT2D eigenvalue weighted by Crippen LogP contribution is -2.34. The van der Waals surface area contributed by atoms with Gasteiger partial charge < -0.3 is 28.6 Å². The predicted molar refractivity (Wildman–Crippen MR) is 112 cm³/mol. The van der Waals surface area contributed by atoms with E-state index in [1.807, 2.05) is 4.90 Å². The Balaban J connectivity index is 2.08. The van der Waals surface area contributed by atoms with Crippen LogP contribution in [-0.2, 0) is 18.9 Å². The summed E-state index contributed by atoms with van der Waals surface area (Å²) in [7, 11) is 0. The molecule has 0 amide bonds. The third-order valence-electron chi connectivity index (χ3n) is 5.23. The molecule has 1 aromatic carbocycles. The first-order valence-corrected chi connectivity index (χ1v) is 10.8. The monoisotopic (exact) mass is 485 g/mol. The lowest BCUT2D eigenvalue weighted by Gasteiger charge is -2.37. The molecule has 186 valence electrons. The molecule has 0 aromatic heterocycles. The Morgan fingerprint density at radius 3 is 1.76 bits per heavy atom. The number of benzene rings is 1. The summed E-state index contributed by atoms with van der Waals surface area (Å²) < 4.78 is 62.7. The van der Waals surface area contributed by atoms with Gasteiger partial charge in [0.15, 0.2) is 0 Å². The quantitative estimate of drug-likeness (QED) is 0.438. The molecule has 0 spiro atoms. The van der Waals surface area contributed by atoms with Gasteiger partial charge >= 0.3 is 18.7 Å². The van der Waals surface area contributed by atoms with E-state index in [2.05, 4.69) is 4.74 Å². The summed E-state index contributed by atoms with van der Waals surface area (Å²) in [4.78, 5) is 26.4. The van der Waals surface area contributed by atoms with Crippen LogP contribution in [0.2, 0.25) is 0 Å². The molecular formula is C23H26F3NO7. The maximum absolute atomic E-state index is 12.6. The van der Waals surface area contributed by atoms with E-state index in [-0.39, 0.29) is 30.8 Å². The summed E-state index contributed by atoms with van der Waals surface area (Å²) in [5, 5.41) is 0. The van der Waals surface area contributed by atoms with E-state index in [4.69, 9.17) is 18.9 Å². The van der Waals surface area contributed by atoms with Gasteiger partial charge in [-0.2, -0.15) is 0 Å². The van der Waals surface area contributed by atoms with E-state index in [0.717, 1.165) is 25.0 Å². The lowest BCUT2D eigenvalue weighted by molar-refractivity contribution is -0.274. The van der Waals surface area contributed by atoms with E-state index in [1.165, 1.54) is 12.1 Å². The Morgan fingerprint density at radius 2 is 1.38 bits per heavy atom. The number of rotatable bonds is 7. The summed E-state index contributed by atoms with van der Waals surface area (Å²) >= 11 is 0. The van der Waals surface area contributed by atoms with Crippen molar-refractivity contribution in [2.45, 2.75) is 58.9 Å². The number of hydrogen-bond donors (Lipinski definition) is 0. The van der Waals surface area contributed by atoms with Crippen LogP contribution in [0.5, 0.6) is 5.75 Å². The molecule has 2 aliphatic rings.